The van der Waals surface area contributed by atoms with Gasteiger partial charge in [0.1, 0.15) is 0 Å². The van der Waals surface area contributed by atoms with Crippen molar-refractivity contribution >= 4 is 5.91 Å². The molecule has 2 aliphatic rings. The van der Waals surface area contributed by atoms with Gasteiger partial charge in [-0.1, -0.05) is 6.07 Å². The van der Waals surface area contributed by atoms with Crippen molar-refractivity contribution in [1.82, 2.24) is 10.6 Å². The van der Waals surface area contributed by atoms with E-state index >= 15 is 0 Å². The first-order chi connectivity index (χ1) is 9.74. The number of rotatable bonds is 3. The van der Waals surface area contributed by atoms with Crippen LogP contribution in [0.2, 0.25) is 0 Å². The molecule has 0 radical (unpaired) electrons. The Hall–Kier alpha value is -1.75. The SMILES string of the molecule is CC(NC(=O)C1CCNCC1)c1ccc2c(c1)OCO2. The fourth-order valence-corrected chi connectivity index (χ4v) is 2.68. The van der Waals surface area contributed by atoms with Crippen LogP contribution >= 0.6 is 0 Å². The Morgan fingerprint density at radius 1 is 1.30 bits per heavy atom. The summed E-state index contributed by atoms with van der Waals surface area (Å²) in [6.45, 7) is 4.12. The molecule has 5 nitrogen and oxygen atoms in total. The van der Waals surface area contributed by atoms with Crippen LogP contribution in [0.4, 0.5) is 0 Å². The molecule has 1 aromatic carbocycles. The van der Waals surface area contributed by atoms with E-state index in [0.717, 1.165) is 43.0 Å². The molecule has 0 bridgehead atoms. The van der Waals surface area contributed by atoms with Gasteiger partial charge in [0.2, 0.25) is 12.7 Å². The predicted octanol–water partition coefficient (Wildman–Crippen LogP) is 1.59. The highest BCUT2D eigenvalue weighted by atomic mass is 16.7. The molecular formula is C15H20N2O3. The molecule has 1 aromatic rings. The van der Waals surface area contributed by atoms with E-state index in [4.69, 9.17) is 9.47 Å². The third-order valence-corrected chi connectivity index (χ3v) is 3.97. The summed E-state index contributed by atoms with van der Waals surface area (Å²) in [5, 5.41) is 6.37. The van der Waals surface area contributed by atoms with E-state index in [-0.39, 0.29) is 24.7 Å². The zero-order chi connectivity index (χ0) is 13.9. The fraction of sp³-hybridized carbons (Fsp3) is 0.533. The van der Waals surface area contributed by atoms with Gasteiger partial charge in [0.05, 0.1) is 6.04 Å². The maximum absolute atomic E-state index is 12.2. The summed E-state index contributed by atoms with van der Waals surface area (Å²) < 4.78 is 10.7. The van der Waals surface area contributed by atoms with Crippen LogP contribution in [-0.4, -0.2) is 25.8 Å². The molecule has 2 aliphatic heterocycles. The first-order valence-electron chi connectivity index (χ1n) is 7.14. The lowest BCUT2D eigenvalue weighted by Gasteiger charge is -2.24. The lowest BCUT2D eigenvalue weighted by Crippen LogP contribution is -2.39. The molecule has 0 spiro atoms. The second-order valence-corrected chi connectivity index (χ2v) is 5.37. The van der Waals surface area contributed by atoms with Gasteiger partial charge in [0.25, 0.3) is 0 Å². The molecule has 20 heavy (non-hydrogen) atoms. The van der Waals surface area contributed by atoms with Gasteiger partial charge in [0.15, 0.2) is 11.5 Å². The number of carbonyl (C=O) groups is 1. The lowest BCUT2D eigenvalue weighted by molar-refractivity contribution is -0.126. The summed E-state index contributed by atoms with van der Waals surface area (Å²) in [7, 11) is 0. The fourth-order valence-electron chi connectivity index (χ4n) is 2.68. The molecule has 2 N–H and O–H groups in total. The van der Waals surface area contributed by atoms with Gasteiger partial charge >= 0.3 is 0 Å². The summed E-state index contributed by atoms with van der Waals surface area (Å²) in [5.74, 6) is 1.81. The maximum atomic E-state index is 12.2. The second-order valence-electron chi connectivity index (χ2n) is 5.37. The highest BCUT2D eigenvalue weighted by Crippen LogP contribution is 2.34. The average molecular weight is 276 g/mol. The van der Waals surface area contributed by atoms with Crippen LogP contribution < -0.4 is 20.1 Å². The van der Waals surface area contributed by atoms with E-state index in [1.54, 1.807) is 0 Å². The van der Waals surface area contributed by atoms with Gasteiger partial charge in [-0.15, -0.1) is 0 Å². The third-order valence-electron chi connectivity index (χ3n) is 3.97. The lowest BCUT2D eigenvalue weighted by atomic mass is 9.96. The summed E-state index contributed by atoms with van der Waals surface area (Å²) in [6.07, 6.45) is 1.83. The van der Waals surface area contributed by atoms with Crippen LogP contribution in [0.5, 0.6) is 11.5 Å². The van der Waals surface area contributed by atoms with E-state index in [1.165, 1.54) is 0 Å². The smallest absolute Gasteiger partial charge is 0.231 e. The quantitative estimate of drug-likeness (QED) is 0.880. The number of nitrogens with one attached hydrogen (secondary N) is 2. The van der Waals surface area contributed by atoms with Crippen molar-refractivity contribution in [2.75, 3.05) is 19.9 Å². The topological polar surface area (TPSA) is 59.6 Å². The van der Waals surface area contributed by atoms with Gasteiger partial charge in [-0.25, -0.2) is 0 Å². The Balaban J connectivity index is 1.63. The Labute approximate surface area is 118 Å². The van der Waals surface area contributed by atoms with Crippen molar-refractivity contribution in [3.8, 4) is 11.5 Å². The number of piperidine rings is 1. The molecule has 2 heterocycles. The molecule has 0 saturated carbocycles. The highest BCUT2D eigenvalue weighted by Gasteiger charge is 2.23. The highest BCUT2D eigenvalue weighted by molar-refractivity contribution is 5.79. The van der Waals surface area contributed by atoms with Crippen LogP contribution in [0, 0.1) is 5.92 Å². The van der Waals surface area contributed by atoms with Gasteiger partial charge < -0.3 is 20.1 Å². The van der Waals surface area contributed by atoms with Gasteiger partial charge in [-0.05, 0) is 50.6 Å². The minimum atomic E-state index is -0.0214. The summed E-state index contributed by atoms with van der Waals surface area (Å²) >= 11 is 0. The molecule has 1 saturated heterocycles. The molecule has 0 aliphatic carbocycles. The van der Waals surface area contributed by atoms with E-state index in [1.807, 2.05) is 25.1 Å². The van der Waals surface area contributed by atoms with Crippen molar-refractivity contribution in [1.29, 1.82) is 0 Å². The van der Waals surface area contributed by atoms with E-state index in [0.29, 0.717) is 0 Å². The van der Waals surface area contributed by atoms with E-state index < -0.39 is 0 Å². The minimum Gasteiger partial charge on any atom is -0.454 e. The predicted molar refractivity (Wildman–Crippen MR) is 74.7 cm³/mol. The molecule has 3 rings (SSSR count). The maximum Gasteiger partial charge on any atom is 0.231 e. The summed E-state index contributed by atoms with van der Waals surface area (Å²) in [5.41, 5.74) is 1.04. The molecule has 1 fully saturated rings. The van der Waals surface area contributed by atoms with Crippen LogP contribution in [0.1, 0.15) is 31.4 Å². The van der Waals surface area contributed by atoms with Gasteiger partial charge in [-0.2, -0.15) is 0 Å². The number of fused-ring (bicyclic) bond motifs is 1. The van der Waals surface area contributed by atoms with Crippen molar-refractivity contribution in [2.24, 2.45) is 5.92 Å². The average Bonchev–Trinajstić information content (AvgIpc) is 2.95. The van der Waals surface area contributed by atoms with Crippen LogP contribution in [0.3, 0.4) is 0 Å². The van der Waals surface area contributed by atoms with E-state index in [9.17, 15) is 4.79 Å². The Morgan fingerprint density at radius 2 is 2.05 bits per heavy atom. The second kappa shape index (κ2) is 5.71. The Kier molecular flexibility index (Phi) is 3.78. The third kappa shape index (κ3) is 2.72. The van der Waals surface area contributed by atoms with Gasteiger partial charge in [0, 0.05) is 5.92 Å². The standard InChI is InChI=1S/C15H20N2O3/c1-10(17-15(18)11-4-6-16-7-5-11)12-2-3-13-14(8-12)20-9-19-13/h2-3,8,10-11,16H,4-7,9H2,1H3,(H,17,18). The monoisotopic (exact) mass is 276 g/mol. The van der Waals surface area contributed by atoms with Crippen molar-refractivity contribution in [3.63, 3.8) is 0 Å². The first kappa shape index (κ1) is 13.2. The molecule has 108 valence electrons. The molecule has 1 unspecified atom stereocenters. The number of hydrogen-bond donors (Lipinski definition) is 2. The number of benzene rings is 1. The van der Waals surface area contributed by atoms with Crippen LogP contribution in [-0.2, 0) is 4.79 Å². The molecular weight excluding hydrogens is 256 g/mol. The van der Waals surface area contributed by atoms with Crippen molar-refractivity contribution in [3.05, 3.63) is 23.8 Å². The van der Waals surface area contributed by atoms with E-state index in [2.05, 4.69) is 10.6 Å². The number of ether oxygens (including phenoxy) is 2. The minimum absolute atomic E-state index is 0.0214. The molecule has 5 heteroatoms. The Morgan fingerprint density at radius 3 is 2.85 bits per heavy atom. The van der Waals surface area contributed by atoms with Gasteiger partial charge in [-0.3, -0.25) is 4.79 Å². The van der Waals surface area contributed by atoms with Crippen LogP contribution in [0.15, 0.2) is 18.2 Å². The molecule has 1 amide bonds. The first-order valence-corrected chi connectivity index (χ1v) is 7.14. The Bertz CT molecular complexity index is 498. The van der Waals surface area contributed by atoms with Crippen LogP contribution in [0.25, 0.3) is 0 Å². The zero-order valence-electron chi connectivity index (χ0n) is 11.6. The molecule has 0 aromatic heterocycles. The number of hydrogen-bond acceptors (Lipinski definition) is 4. The summed E-state index contributed by atoms with van der Waals surface area (Å²) in [6, 6.07) is 5.79. The largest absolute Gasteiger partial charge is 0.454 e. The van der Waals surface area contributed by atoms with Crippen molar-refractivity contribution < 1.29 is 14.3 Å². The zero-order valence-corrected chi connectivity index (χ0v) is 11.6. The van der Waals surface area contributed by atoms with Crippen molar-refractivity contribution in [2.45, 2.75) is 25.8 Å². The number of carbonyl (C=O) groups excluding carboxylic acids is 1. The molecule has 1 atom stereocenters. The number of amides is 1. The normalized spacial score (nSPS) is 19.6. The summed E-state index contributed by atoms with van der Waals surface area (Å²) in [4.78, 5) is 12.2.